The smallest absolute Gasteiger partial charge is 0.239 e. The summed E-state index contributed by atoms with van der Waals surface area (Å²) in [4.78, 5) is 15.8. The number of hydrogen-bond acceptors (Lipinski definition) is 5. The van der Waals surface area contributed by atoms with E-state index >= 15 is 0 Å². The molecule has 0 unspecified atom stereocenters. The van der Waals surface area contributed by atoms with Gasteiger partial charge in [0.1, 0.15) is 11.9 Å². The molecule has 1 amide bonds. The normalized spacial score (nSPS) is 15.1. The van der Waals surface area contributed by atoms with E-state index in [1.807, 2.05) is 29.9 Å². The van der Waals surface area contributed by atoms with Crippen LogP contribution >= 0.6 is 11.3 Å². The molecule has 2 aromatic heterocycles. The van der Waals surface area contributed by atoms with Gasteiger partial charge in [0.15, 0.2) is 0 Å². The van der Waals surface area contributed by atoms with E-state index < -0.39 is 0 Å². The number of thiophene rings is 1. The summed E-state index contributed by atoms with van der Waals surface area (Å²) < 4.78 is 7.34. The third kappa shape index (κ3) is 3.93. The van der Waals surface area contributed by atoms with E-state index in [0.29, 0.717) is 37.7 Å². The van der Waals surface area contributed by atoms with Gasteiger partial charge in [-0.05, 0) is 30.9 Å². The van der Waals surface area contributed by atoms with Crippen LogP contribution in [0.25, 0.3) is 0 Å². The zero-order valence-corrected chi connectivity index (χ0v) is 15.4. The molecule has 3 heterocycles. The first kappa shape index (κ1) is 17.7. The number of carbonyl (C=O) groups is 1. The maximum atomic E-state index is 12.5. The summed E-state index contributed by atoms with van der Waals surface area (Å²) >= 11 is 1.67. The fourth-order valence-electron chi connectivity index (χ4n) is 3.02. The largest absolute Gasteiger partial charge is 0.379 e. The van der Waals surface area contributed by atoms with Crippen molar-refractivity contribution < 1.29 is 9.53 Å². The van der Waals surface area contributed by atoms with E-state index in [9.17, 15) is 10.1 Å². The van der Waals surface area contributed by atoms with Gasteiger partial charge in [-0.3, -0.25) is 9.69 Å². The number of hydrogen-bond donors (Lipinski definition) is 1. The maximum absolute atomic E-state index is 12.5. The van der Waals surface area contributed by atoms with Crippen molar-refractivity contribution in [1.29, 1.82) is 5.26 Å². The molecule has 2 aromatic rings. The lowest BCUT2D eigenvalue weighted by atomic mass is 10.2. The lowest BCUT2D eigenvalue weighted by Gasteiger charge is -2.26. The highest BCUT2D eigenvalue weighted by atomic mass is 32.1. The summed E-state index contributed by atoms with van der Waals surface area (Å²) in [7, 11) is 0. The zero-order chi connectivity index (χ0) is 17.8. The van der Waals surface area contributed by atoms with Gasteiger partial charge in [0, 0.05) is 23.7 Å². The van der Waals surface area contributed by atoms with Crippen molar-refractivity contribution in [3.63, 3.8) is 0 Å². The number of amides is 1. The Morgan fingerprint density at radius 2 is 2.16 bits per heavy atom. The quantitative estimate of drug-likeness (QED) is 0.891. The topological polar surface area (TPSA) is 70.3 Å². The molecule has 1 N–H and O–H groups in total. The van der Waals surface area contributed by atoms with Crippen molar-refractivity contribution in [2.45, 2.75) is 20.4 Å². The summed E-state index contributed by atoms with van der Waals surface area (Å²) in [6, 6.07) is 6.32. The van der Waals surface area contributed by atoms with E-state index in [0.717, 1.165) is 24.3 Å². The van der Waals surface area contributed by atoms with E-state index in [4.69, 9.17) is 4.74 Å². The van der Waals surface area contributed by atoms with Crippen LogP contribution in [0, 0.1) is 25.2 Å². The lowest BCUT2D eigenvalue weighted by Crippen LogP contribution is -2.41. The Hall–Kier alpha value is -2.14. The number of nitrogens with one attached hydrogen (secondary N) is 1. The molecule has 0 bridgehead atoms. The molecule has 1 fully saturated rings. The molecule has 0 aromatic carbocycles. The van der Waals surface area contributed by atoms with E-state index in [2.05, 4.69) is 22.4 Å². The third-order valence-electron chi connectivity index (χ3n) is 4.56. The van der Waals surface area contributed by atoms with Gasteiger partial charge in [-0.2, -0.15) is 5.26 Å². The average Bonchev–Trinajstić information content (AvgIpc) is 3.19. The van der Waals surface area contributed by atoms with Crippen LogP contribution in [0.5, 0.6) is 0 Å². The molecule has 6 nitrogen and oxygen atoms in total. The average molecular weight is 358 g/mol. The molecule has 0 spiro atoms. The lowest BCUT2D eigenvalue weighted by molar-refractivity contribution is -0.118. The van der Waals surface area contributed by atoms with Gasteiger partial charge < -0.3 is 14.6 Å². The van der Waals surface area contributed by atoms with Gasteiger partial charge in [0.05, 0.1) is 31.9 Å². The van der Waals surface area contributed by atoms with Crippen LogP contribution in [0.4, 0.5) is 5.82 Å². The van der Waals surface area contributed by atoms with Crippen molar-refractivity contribution >= 4 is 23.1 Å². The number of carbonyl (C=O) groups excluding carboxylic acids is 1. The number of nitriles is 1. The number of aromatic nitrogens is 1. The molecule has 25 heavy (non-hydrogen) atoms. The van der Waals surface area contributed by atoms with Crippen molar-refractivity contribution in [3.05, 3.63) is 39.2 Å². The van der Waals surface area contributed by atoms with Gasteiger partial charge in [-0.15, -0.1) is 11.3 Å². The number of ether oxygens (including phenoxy) is 1. The van der Waals surface area contributed by atoms with Crippen molar-refractivity contribution in [1.82, 2.24) is 9.47 Å². The second-order valence-electron chi connectivity index (χ2n) is 6.15. The SMILES string of the molecule is Cc1c(C#N)c(NC(=O)CN2CCOCC2)n(Cc2cccs2)c1C. The fourth-order valence-corrected chi connectivity index (χ4v) is 3.71. The number of anilines is 1. The Balaban J connectivity index is 1.82. The molecule has 0 aliphatic carbocycles. The minimum absolute atomic E-state index is 0.0941. The Labute approximate surface area is 151 Å². The van der Waals surface area contributed by atoms with Crippen LogP contribution in [0.1, 0.15) is 21.7 Å². The van der Waals surface area contributed by atoms with Crippen molar-refractivity contribution in [2.75, 3.05) is 38.2 Å². The Morgan fingerprint density at radius 1 is 1.40 bits per heavy atom. The second kappa shape index (κ2) is 7.83. The first-order valence-corrected chi connectivity index (χ1v) is 9.20. The molecule has 1 aliphatic rings. The highest BCUT2D eigenvalue weighted by molar-refractivity contribution is 7.09. The van der Waals surface area contributed by atoms with Gasteiger partial charge in [0.2, 0.25) is 5.91 Å². The first-order chi connectivity index (χ1) is 12.1. The molecular formula is C18H22N4O2S. The number of nitrogens with zero attached hydrogens (tertiary/aromatic N) is 3. The third-order valence-corrected chi connectivity index (χ3v) is 5.43. The van der Waals surface area contributed by atoms with Crippen LogP contribution in [0.15, 0.2) is 17.5 Å². The van der Waals surface area contributed by atoms with E-state index in [1.54, 1.807) is 11.3 Å². The van der Waals surface area contributed by atoms with E-state index in [-0.39, 0.29) is 5.91 Å². The molecule has 0 radical (unpaired) electrons. The monoisotopic (exact) mass is 358 g/mol. The summed E-state index contributed by atoms with van der Waals surface area (Å²) in [5.41, 5.74) is 2.47. The van der Waals surface area contributed by atoms with Crippen molar-refractivity contribution in [2.24, 2.45) is 0 Å². The molecule has 132 valence electrons. The summed E-state index contributed by atoms with van der Waals surface area (Å²) in [6.07, 6.45) is 0. The fraction of sp³-hybridized carbons (Fsp3) is 0.444. The standard InChI is InChI=1S/C18H22N4O2S/c1-13-14(2)22(11-15-4-3-9-25-15)18(16(13)10-19)20-17(23)12-21-5-7-24-8-6-21/h3-4,9H,5-8,11-12H2,1-2H3,(H,20,23). The van der Waals surface area contributed by atoms with Crippen molar-refractivity contribution in [3.8, 4) is 6.07 Å². The van der Waals surface area contributed by atoms with Gasteiger partial charge in [-0.25, -0.2) is 0 Å². The zero-order valence-electron chi connectivity index (χ0n) is 14.5. The predicted octanol–water partition coefficient (Wildman–Crippen LogP) is 2.36. The van der Waals surface area contributed by atoms with E-state index in [1.165, 1.54) is 4.88 Å². The Kier molecular flexibility index (Phi) is 5.53. The highest BCUT2D eigenvalue weighted by Crippen LogP contribution is 2.28. The molecule has 1 aliphatic heterocycles. The predicted molar refractivity (Wildman–Crippen MR) is 97.9 cm³/mol. The highest BCUT2D eigenvalue weighted by Gasteiger charge is 2.21. The molecule has 0 saturated carbocycles. The minimum atomic E-state index is -0.0941. The first-order valence-electron chi connectivity index (χ1n) is 8.32. The molecular weight excluding hydrogens is 336 g/mol. The summed E-state index contributed by atoms with van der Waals surface area (Å²) in [5, 5.41) is 14.6. The second-order valence-corrected chi connectivity index (χ2v) is 7.18. The molecule has 1 saturated heterocycles. The molecule has 0 atom stereocenters. The Bertz CT molecular complexity index is 783. The summed E-state index contributed by atoms with van der Waals surface area (Å²) in [6.45, 7) is 7.71. The van der Waals surface area contributed by atoms with Crippen LogP contribution < -0.4 is 5.32 Å². The molecule has 3 rings (SSSR count). The minimum Gasteiger partial charge on any atom is -0.379 e. The Morgan fingerprint density at radius 3 is 2.80 bits per heavy atom. The van der Waals surface area contributed by atoms with Gasteiger partial charge in [0.25, 0.3) is 0 Å². The number of morpholine rings is 1. The number of rotatable bonds is 5. The summed E-state index contributed by atoms with van der Waals surface area (Å²) in [5.74, 6) is 0.507. The maximum Gasteiger partial charge on any atom is 0.239 e. The van der Waals surface area contributed by atoms with Crippen LogP contribution in [-0.4, -0.2) is 48.2 Å². The van der Waals surface area contributed by atoms with Gasteiger partial charge >= 0.3 is 0 Å². The van der Waals surface area contributed by atoms with Gasteiger partial charge in [-0.1, -0.05) is 6.07 Å². The van der Waals surface area contributed by atoms with Crippen LogP contribution in [0.3, 0.4) is 0 Å². The van der Waals surface area contributed by atoms with Crippen LogP contribution in [-0.2, 0) is 16.1 Å². The molecule has 7 heteroatoms. The van der Waals surface area contributed by atoms with Crippen LogP contribution in [0.2, 0.25) is 0 Å².